The van der Waals surface area contributed by atoms with Crippen molar-refractivity contribution in [1.29, 1.82) is 0 Å². The summed E-state index contributed by atoms with van der Waals surface area (Å²) < 4.78 is 0. The number of benzene rings is 1. The first kappa shape index (κ1) is 15.0. The van der Waals surface area contributed by atoms with Crippen LogP contribution in [0, 0.1) is 5.92 Å². The number of nitrogens with zero attached hydrogens (tertiary/aromatic N) is 1. The first-order chi connectivity index (χ1) is 9.70. The summed E-state index contributed by atoms with van der Waals surface area (Å²) in [6, 6.07) is 10.3. The highest BCUT2D eigenvalue weighted by atomic mass is 16.4. The molecular formula is C17H25NO2. The second-order valence-electron chi connectivity index (χ2n) is 5.77. The largest absolute Gasteiger partial charge is 0.480 e. The zero-order chi connectivity index (χ0) is 14.4. The average Bonchev–Trinajstić information content (AvgIpc) is 2.48. The van der Waals surface area contributed by atoms with Crippen LogP contribution in [0.2, 0.25) is 0 Å². The molecule has 3 nitrogen and oxygen atoms in total. The summed E-state index contributed by atoms with van der Waals surface area (Å²) in [5.74, 6) is 0.0768. The van der Waals surface area contributed by atoms with Gasteiger partial charge in [-0.3, -0.25) is 9.69 Å². The molecule has 0 bridgehead atoms. The molecule has 1 aliphatic rings. The van der Waals surface area contributed by atoms with Crippen LogP contribution in [-0.4, -0.2) is 35.1 Å². The van der Waals surface area contributed by atoms with E-state index in [9.17, 15) is 9.90 Å². The maximum atomic E-state index is 11.2. The van der Waals surface area contributed by atoms with E-state index in [4.69, 9.17) is 0 Å². The summed E-state index contributed by atoms with van der Waals surface area (Å²) in [5.41, 5.74) is 1.41. The molecule has 0 unspecified atom stereocenters. The van der Waals surface area contributed by atoms with Gasteiger partial charge in [0.05, 0.1) is 0 Å². The molecule has 0 amide bonds. The Morgan fingerprint density at radius 3 is 2.50 bits per heavy atom. The van der Waals surface area contributed by atoms with Gasteiger partial charge in [0.25, 0.3) is 0 Å². The molecule has 2 rings (SSSR count). The number of likely N-dealkylation sites (tertiary alicyclic amines) is 1. The number of aryl methyl sites for hydroxylation is 1. The van der Waals surface area contributed by atoms with Crippen molar-refractivity contribution in [3.05, 3.63) is 35.9 Å². The third-order valence-corrected chi connectivity index (χ3v) is 4.45. The third kappa shape index (κ3) is 4.07. The van der Waals surface area contributed by atoms with Gasteiger partial charge < -0.3 is 5.11 Å². The highest BCUT2D eigenvalue weighted by Crippen LogP contribution is 2.24. The van der Waals surface area contributed by atoms with E-state index in [0.717, 1.165) is 38.3 Å². The molecule has 3 heteroatoms. The minimum absolute atomic E-state index is 0.287. The molecule has 1 aromatic carbocycles. The van der Waals surface area contributed by atoms with E-state index in [-0.39, 0.29) is 6.04 Å². The monoisotopic (exact) mass is 275 g/mol. The second kappa shape index (κ2) is 7.44. The maximum absolute atomic E-state index is 11.2. The van der Waals surface area contributed by atoms with Crippen LogP contribution in [0.3, 0.4) is 0 Å². The van der Waals surface area contributed by atoms with Crippen molar-refractivity contribution in [2.45, 2.75) is 45.1 Å². The van der Waals surface area contributed by atoms with E-state index in [1.807, 2.05) is 6.92 Å². The van der Waals surface area contributed by atoms with E-state index in [2.05, 4.69) is 35.2 Å². The number of piperidine rings is 1. The molecule has 0 spiro atoms. The van der Waals surface area contributed by atoms with Gasteiger partial charge in [-0.05, 0) is 56.7 Å². The Bertz CT molecular complexity index is 410. The number of carboxylic acid groups (broad SMARTS) is 1. The fourth-order valence-corrected chi connectivity index (χ4v) is 3.16. The highest BCUT2D eigenvalue weighted by molar-refractivity contribution is 5.73. The molecule has 1 N–H and O–H groups in total. The quantitative estimate of drug-likeness (QED) is 0.866. The molecule has 1 heterocycles. The Kier molecular flexibility index (Phi) is 5.60. The Morgan fingerprint density at radius 1 is 1.30 bits per heavy atom. The van der Waals surface area contributed by atoms with Crippen LogP contribution in [0.15, 0.2) is 30.3 Å². The van der Waals surface area contributed by atoms with E-state index in [0.29, 0.717) is 6.42 Å². The fourth-order valence-electron chi connectivity index (χ4n) is 3.16. The summed E-state index contributed by atoms with van der Waals surface area (Å²) in [5, 5.41) is 9.20. The van der Waals surface area contributed by atoms with Crippen molar-refractivity contribution >= 4 is 5.97 Å². The SMILES string of the molecule is CC[C@@H](C(=O)O)N1CCC(CCc2ccccc2)CC1. The minimum Gasteiger partial charge on any atom is -0.480 e. The van der Waals surface area contributed by atoms with Gasteiger partial charge in [0, 0.05) is 0 Å². The summed E-state index contributed by atoms with van der Waals surface area (Å²) >= 11 is 0. The summed E-state index contributed by atoms with van der Waals surface area (Å²) in [6.45, 7) is 3.83. The molecule has 0 aromatic heterocycles. The van der Waals surface area contributed by atoms with E-state index in [1.54, 1.807) is 0 Å². The first-order valence-electron chi connectivity index (χ1n) is 7.71. The Labute approximate surface area is 121 Å². The van der Waals surface area contributed by atoms with Gasteiger partial charge in [-0.15, -0.1) is 0 Å². The van der Waals surface area contributed by atoms with Crippen LogP contribution in [0.1, 0.15) is 38.2 Å². The van der Waals surface area contributed by atoms with Crippen LogP contribution in [0.25, 0.3) is 0 Å². The Hall–Kier alpha value is -1.35. The van der Waals surface area contributed by atoms with Gasteiger partial charge >= 0.3 is 5.97 Å². The molecule has 1 atom stereocenters. The molecule has 0 radical (unpaired) electrons. The normalized spacial score (nSPS) is 18.9. The number of aliphatic carboxylic acids is 1. The first-order valence-corrected chi connectivity index (χ1v) is 7.71. The predicted molar refractivity (Wildman–Crippen MR) is 80.8 cm³/mol. The lowest BCUT2D eigenvalue weighted by molar-refractivity contribution is -0.144. The lowest BCUT2D eigenvalue weighted by atomic mass is 9.90. The average molecular weight is 275 g/mol. The van der Waals surface area contributed by atoms with E-state index < -0.39 is 5.97 Å². The summed E-state index contributed by atoms with van der Waals surface area (Å²) in [4.78, 5) is 13.3. The minimum atomic E-state index is -0.671. The van der Waals surface area contributed by atoms with Gasteiger partial charge in [-0.1, -0.05) is 37.3 Å². The highest BCUT2D eigenvalue weighted by Gasteiger charge is 2.27. The smallest absolute Gasteiger partial charge is 0.320 e. The van der Waals surface area contributed by atoms with Gasteiger partial charge in [0.1, 0.15) is 6.04 Å². The van der Waals surface area contributed by atoms with E-state index >= 15 is 0 Å². The lowest BCUT2D eigenvalue weighted by Gasteiger charge is -2.35. The molecule has 0 aliphatic carbocycles. The fraction of sp³-hybridized carbons (Fsp3) is 0.588. The van der Waals surface area contributed by atoms with Crippen molar-refractivity contribution in [3.8, 4) is 0 Å². The zero-order valence-electron chi connectivity index (χ0n) is 12.3. The van der Waals surface area contributed by atoms with Gasteiger partial charge in [-0.25, -0.2) is 0 Å². The number of carboxylic acids is 1. The van der Waals surface area contributed by atoms with Crippen molar-refractivity contribution in [1.82, 2.24) is 4.90 Å². The van der Waals surface area contributed by atoms with Gasteiger partial charge in [0.15, 0.2) is 0 Å². The van der Waals surface area contributed by atoms with Gasteiger partial charge in [-0.2, -0.15) is 0 Å². The predicted octanol–water partition coefficient (Wildman–Crippen LogP) is 3.19. The summed E-state index contributed by atoms with van der Waals surface area (Å²) in [6.07, 6.45) is 5.33. The molecule has 0 saturated carbocycles. The molecular weight excluding hydrogens is 250 g/mol. The van der Waals surface area contributed by atoms with E-state index in [1.165, 1.54) is 12.0 Å². The summed E-state index contributed by atoms with van der Waals surface area (Å²) in [7, 11) is 0. The van der Waals surface area contributed by atoms with Crippen LogP contribution >= 0.6 is 0 Å². The van der Waals surface area contributed by atoms with Crippen LogP contribution < -0.4 is 0 Å². The lowest BCUT2D eigenvalue weighted by Crippen LogP contribution is -2.45. The molecule has 1 aliphatic heterocycles. The number of rotatable bonds is 6. The van der Waals surface area contributed by atoms with Crippen LogP contribution in [0.5, 0.6) is 0 Å². The number of hydrogen-bond acceptors (Lipinski definition) is 2. The Balaban J connectivity index is 1.75. The topological polar surface area (TPSA) is 40.5 Å². The molecule has 1 aromatic rings. The molecule has 20 heavy (non-hydrogen) atoms. The standard InChI is InChI=1S/C17H25NO2/c1-2-16(17(19)20)18-12-10-15(11-13-18)9-8-14-6-4-3-5-7-14/h3-7,15-16H,2,8-13H2,1H3,(H,19,20)/t16-/m0/s1. The van der Waals surface area contributed by atoms with Crippen molar-refractivity contribution in [3.63, 3.8) is 0 Å². The maximum Gasteiger partial charge on any atom is 0.320 e. The van der Waals surface area contributed by atoms with Crippen molar-refractivity contribution in [2.75, 3.05) is 13.1 Å². The third-order valence-electron chi connectivity index (χ3n) is 4.45. The number of hydrogen-bond donors (Lipinski definition) is 1. The Morgan fingerprint density at radius 2 is 1.95 bits per heavy atom. The zero-order valence-corrected chi connectivity index (χ0v) is 12.3. The van der Waals surface area contributed by atoms with Gasteiger partial charge in [0.2, 0.25) is 0 Å². The molecule has 110 valence electrons. The van der Waals surface area contributed by atoms with Crippen LogP contribution in [-0.2, 0) is 11.2 Å². The molecule has 1 fully saturated rings. The number of carbonyl (C=O) groups is 1. The second-order valence-corrected chi connectivity index (χ2v) is 5.77. The van der Waals surface area contributed by atoms with Crippen molar-refractivity contribution in [2.24, 2.45) is 5.92 Å². The van der Waals surface area contributed by atoms with Crippen molar-refractivity contribution < 1.29 is 9.90 Å². The molecule has 1 saturated heterocycles. The van der Waals surface area contributed by atoms with Crippen LogP contribution in [0.4, 0.5) is 0 Å².